The maximum absolute atomic E-state index is 10.0. The zero-order chi connectivity index (χ0) is 14.4. The van der Waals surface area contributed by atoms with E-state index in [2.05, 4.69) is 9.97 Å². The van der Waals surface area contributed by atoms with Gasteiger partial charge in [0.2, 0.25) is 0 Å². The number of pyridine rings is 1. The van der Waals surface area contributed by atoms with E-state index in [0.29, 0.717) is 11.0 Å². The molecule has 3 heterocycles. The molecule has 2 aromatic heterocycles. The minimum atomic E-state index is -1.20. The minimum Gasteiger partial charge on any atom is -0.394 e. The van der Waals surface area contributed by atoms with Crippen LogP contribution in [0.3, 0.4) is 0 Å². The molecule has 1 fully saturated rings. The number of aliphatic hydroxyl groups is 3. The van der Waals surface area contributed by atoms with Crippen molar-refractivity contribution in [3.63, 3.8) is 0 Å². The third-order valence-electron chi connectivity index (χ3n) is 3.35. The average Bonchev–Trinajstić information content (AvgIpc) is 2.93. The van der Waals surface area contributed by atoms with E-state index in [0.717, 1.165) is 0 Å². The highest BCUT2D eigenvalue weighted by atomic mass is 35.5. The zero-order valence-electron chi connectivity index (χ0n) is 10.2. The summed E-state index contributed by atoms with van der Waals surface area (Å²) in [6.07, 6.45) is -2.71. The van der Waals surface area contributed by atoms with Gasteiger partial charge in [-0.05, 0) is 0 Å². The standard InChI is InChI=1S/C11H13ClN4O4/c12-6-1-4-7(10(13)15-6)14-3-16(4)11-9(19)8(18)5(2-17)20-11/h1,3,5,8-9,11,17-19H,2H2,(H2,13,15)/t5-,8-,9?,11-/m1/s1. The Labute approximate surface area is 118 Å². The molecule has 0 saturated carbocycles. The summed E-state index contributed by atoms with van der Waals surface area (Å²) in [6, 6.07) is 1.54. The molecule has 20 heavy (non-hydrogen) atoms. The highest BCUT2D eigenvalue weighted by molar-refractivity contribution is 6.30. The lowest BCUT2D eigenvalue weighted by Crippen LogP contribution is -2.33. The molecule has 0 aromatic carbocycles. The molecule has 1 aliphatic rings. The number of fused-ring (bicyclic) bond motifs is 1. The van der Waals surface area contributed by atoms with Crippen LogP contribution >= 0.6 is 11.6 Å². The Morgan fingerprint density at radius 3 is 2.80 bits per heavy atom. The summed E-state index contributed by atoms with van der Waals surface area (Å²) >= 11 is 5.86. The molecule has 0 radical (unpaired) electrons. The molecule has 0 bridgehead atoms. The van der Waals surface area contributed by atoms with E-state index in [-0.39, 0.29) is 11.0 Å². The van der Waals surface area contributed by atoms with Gasteiger partial charge in [-0.25, -0.2) is 9.97 Å². The van der Waals surface area contributed by atoms with Crippen LogP contribution in [0, 0.1) is 0 Å². The van der Waals surface area contributed by atoms with Gasteiger partial charge in [0.1, 0.15) is 29.0 Å². The Balaban J connectivity index is 2.07. The van der Waals surface area contributed by atoms with Crippen LogP contribution in [0.15, 0.2) is 12.4 Å². The first-order valence-corrected chi connectivity index (χ1v) is 6.31. The van der Waals surface area contributed by atoms with Gasteiger partial charge in [0.05, 0.1) is 18.5 Å². The smallest absolute Gasteiger partial charge is 0.164 e. The van der Waals surface area contributed by atoms with Crippen molar-refractivity contribution in [1.82, 2.24) is 14.5 Å². The van der Waals surface area contributed by atoms with Gasteiger partial charge in [-0.2, -0.15) is 0 Å². The van der Waals surface area contributed by atoms with Crippen molar-refractivity contribution in [3.05, 3.63) is 17.5 Å². The summed E-state index contributed by atoms with van der Waals surface area (Å²) < 4.78 is 6.94. The largest absolute Gasteiger partial charge is 0.394 e. The SMILES string of the molecule is Nc1nc(Cl)cc2c1ncn2[C@@H]1O[C@H](CO)[C@@H](O)C1O. The van der Waals surface area contributed by atoms with E-state index in [1.807, 2.05) is 0 Å². The number of aliphatic hydroxyl groups excluding tert-OH is 3. The van der Waals surface area contributed by atoms with Crippen molar-refractivity contribution >= 4 is 28.5 Å². The lowest BCUT2D eigenvalue weighted by atomic mass is 10.1. The molecule has 1 saturated heterocycles. The molecule has 9 heteroatoms. The first-order chi connectivity index (χ1) is 9.52. The molecule has 5 N–H and O–H groups in total. The monoisotopic (exact) mass is 300 g/mol. The van der Waals surface area contributed by atoms with Crippen LogP contribution in [-0.2, 0) is 4.74 Å². The molecule has 4 atom stereocenters. The number of hydrogen-bond acceptors (Lipinski definition) is 7. The van der Waals surface area contributed by atoms with Crippen LogP contribution in [-0.4, -0.2) is 54.8 Å². The molecule has 2 aromatic rings. The summed E-state index contributed by atoms with van der Waals surface area (Å²) in [5.41, 5.74) is 6.67. The van der Waals surface area contributed by atoms with Crippen LogP contribution in [0.2, 0.25) is 5.15 Å². The normalized spacial score (nSPS) is 30.2. The molecule has 0 aliphatic carbocycles. The number of aromatic nitrogens is 3. The van der Waals surface area contributed by atoms with Gasteiger partial charge in [0.15, 0.2) is 12.0 Å². The third-order valence-corrected chi connectivity index (χ3v) is 3.54. The fourth-order valence-corrected chi connectivity index (χ4v) is 2.53. The average molecular weight is 301 g/mol. The maximum atomic E-state index is 10.0. The van der Waals surface area contributed by atoms with Crippen LogP contribution in [0.5, 0.6) is 0 Å². The predicted molar refractivity (Wildman–Crippen MR) is 70.0 cm³/mol. The second-order valence-corrected chi connectivity index (χ2v) is 4.97. The number of anilines is 1. The number of nitrogens with two attached hydrogens (primary N) is 1. The Bertz CT molecular complexity index is 649. The van der Waals surface area contributed by atoms with Crippen molar-refractivity contribution in [3.8, 4) is 0 Å². The molecular weight excluding hydrogens is 288 g/mol. The number of rotatable bonds is 2. The second-order valence-electron chi connectivity index (χ2n) is 4.58. The summed E-state index contributed by atoms with van der Waals surface area (Å²) in [4.78, 5) is 7.98. The van der Waals surface area contributed by atoms with Gasteiger partial charge in [-0.1, -0.05) is 11.6 Å². The van der Waals surface area contributed by atoms with Crippen LogP contribution in [0.4, 0.5) is 5.82 Å². The van der Waals surface area contributed by atoms with E-state index in [1.165, 1.54) is 17.0 Å². The fraction of sp³-hybridized carbons (Fsp3) is 0.455. The topological polar surface area (TPSA) is 127 Å². The van der Waals surface area contributed by atoms with Gasteiger partial charge in [-0.15, -0.1) is 0 Å². The molecule has 0 spiro atoms. The van der Waals surface area contributed by atoms with Crippen molar-refractivity contribution in [2.75, 3.05) is 12.3 Å². The maximum Gasteiger partial charge on any atom is 0.164 e. The molecule has 108 valence electrons. The Morgan fingerprint density at radius 1 is 1.40 bits per heavy atom. The number of nitrogen functional groups attached to an aromatic ring is 1. The van der Waals surface area contributed by atoms with E-state index in [4.69, 9.17) is 27.2 Å². The summed E-state index contributed by atoms with van der Waals surface area (Å²) in [6.45, 7) is -0.397. The van der Waals surface area contributed by atoms with Crippen molar-refractivity contribution in [1.29, 1.82) is 0 Å². The minimum absolute atomic E-state index is 0.165. The Morgan fingerprint density at radius 2 is 2.15 bits per heavy atom. The summed E-state index contributed by atoms with van der Waals surface area (Å²) in [5.74, 6) is 0.165. The molecule has 1 aliphatic heterocycles. The number of ether oxygens (including phenoxy) is 1. The predicted octanol–water partition coefficient (Wildman–Crippen LogP) is -0.722. The highest BCUT2D eigenvalue weighted by Crippen LogP contribution is 2.33. The Kier molecular flexibility index (Phi) is 3.27. The lowest BCUT2D eigenvalue weighted by Gasteiger charge is -2.17. The van der Waals surface area contributed by atoms with Gasteiger partial charge in [0, 0.05) is 6.07 Å². The first kappa shape index (κ1) is 13.5. The number of imidazole rings is 1. The molecule has 3 rings (SSSR count). The molecular formula is C11H13ClN4O4. The van der Waals surface area contributed by atoms with Crippen LogP contribution in [0.25, 0.3) is 11.0 Å². The summed E-state index contributed by atoms with van der Waals surface area (Å²) in [5, 5.41) is 29.1. The summed E-state index contributed by atoms with van der Waals surface area (Å²) in [7, 11) is 0. The van der Waals surface area contributed by atoms with E-state index < -0.39 is 31.1 Å². The first-order valence-electron chi connectivity index (χ1n) is 5.94. The van der Waals surface area contributed by atoms with E-state index >= 15 is 0 Å². The highest BCUT2D eigenvalue weighted by Gasteiger charge is 2.43. The van der Waals surface area contributed by atoms with Crippen molar-refractivity contribution in [2.45, 2.75) is 24.5 Å². The fourth-order valence-electron chi connectivity index (χ4n) is 2.34. The van der Waals surface area contributed by atoms with Crippen LogP contribution < -0.4 is 5.73 Å². The number of nitrogens with zero attached hydrogens (tertiary/aromatic N) is 3. The molecule has 0 amide bonds. The van der Waals surface area contributed by atoms with Gasteiger partial charge < -0.3 is 30.4 Å². The second kappa shape index (κ2) is 4.83. The molecule has 8 nitrogen and oxygen atoms in total. The third kappa shape index (κ3) is 1.93. The van der Waals surface area contributed by atoms with E-state index in [9.17, 15) is 10.2 Å². The molecule has 1 unspecified atom stereocenters. The van der Waals surface area contributed by atoms with Crippen molar-refractivity contribution in [2.24, 2.45) is 0 Å². The zero-order valence-corrected chi connectivity index (χ0v) is 11.0. The quantitative estimate of drug-likeness (QED) is 0.539. The van der Waals surface area contributed by atoms with Crippen molar-refractivity contribution < 1.29 is 20.1 Å². The lowest BCUT2D eigenvalue weighted by molar-refractivity contribution is -0.0508. The van der Waals surface area contributed by atoms with Crippen LogP contribution in [0.1, 0.15) is 6.23 Å². The number of hydrogen-bond donors (Lipinski definition) is 4. The van der Waals surface area contributed by atoms with Gasteiger partial charge in [0.25, 0.3) is 0 Å². The number of halogens is 1. The van der Waals surface area contributed by atoms with Gasteiger partial charge >= 0.3 is 0 Å². The van der Waals surface area contributed by atoms with Gasteiger partial charge in [-0.3, -0.25) is 0 Å². The van der Waals surface area contributed by atoms with E-state index in [1.54, 1.807) is 0 Å². The Hall–Kier alpha value is -1.45.